The van der Waals surface area contributed by atoms with E-state index in [1.54, 1.807) is 24.4 Å². The van der Waals surface area contributed by atoms with Crippen molar-refractivity contribution in [3.05, 3.63) is 54.0 Å². The second-order valence-corrected chi connectivity index (χ2v) is 10.7. The van der Waals surface area contributed by atoms with E-state index >= 15 is 0 Å². The van der Waals surface area contributed by atoms with Gasteiger partial charge in [-0.25, -0.2) is 9.78 Å². The number of amides is 1. The molecule has 0 spiro atoms. The Bertz CT molecular complexity index is 1220. The molecule has 1 aliphatic heterocycles. The van der Waals surface area contributed by atoms with Gasteiger partial charge in [0.2, 0.25) is 5.88 Å². The Morgan fingerprint density at radius 3 is 2.78 bits per heavy atom. The molecule has 0 aromatic carbocycles. The Labute approximate surface area is 212 Å². The van der Waals surface area contributed by atoms with Gasteiger partial charge in [0.15, 0.2) is 0 Å². The first kappa shape index (κ1) is 24.3. The van der Waals surface area contributed by atoms with Crippen LogP contribution in [-0.4, -0.2) is 58.4 Å². The Hall–Kier alpha value is -3.42. The van der Waals surface area contributed by atoms with Crippen LogP contribution in [-0.2, 0) is 4.74 Å². The molecule has 8 nitrogen and oxygen atoms in total. The molecule has 2 unspecified atom stereocenters. The number of ether oxygens (including phenoxy) is 3. The van der Waals surface area contributed by atoms with Crippen LogP contribution < -0.4 is 9.47 Å². The predicted octanol–water partition coefficient (Wildman–Crippen LogP) is 5.33. The number of piperidine rings is 1. The highest BCUT2D eigenvalue weighted by molar-refractivity contribution is 5.76. The van der Waals surface area contributed by atoms with E-state index < -0.39 is 5.60 Å². The third kappa shape index (κ3) is 5.53. The number of aromatic nitrogens is 3. The standard InChI is InChI=1S/C28H34N4O4/c1-28(2,3)36-27(33)32-12-6-7-18(16-32)22-14-25-24(8-5-11-29-25)31-26(22)35-17-19-13-21(19)23-10-9-20(34-4)15-30-23/h5,8-11,14-15,18-19,21H,6-7,12-13,16-17H2,1-4H3/t18?,19-,21?/m1/s1. The fourth-order valence-electron chi connectivity index (χ4n) is 4.84. The van der Waals surface area contributed by atoms with Gasteiger partial charge in [0, 0.05) is 48.3 Å². The van der Waals surface area contributed by atoms with Gasteiger partial charge >= 0.3 is 6.09 Å². The lowest BCUT2D eigenvalue weighted by molar-refractivity contribution is 0.0197. The lowest BCUT2D eigenvalue weighted by Gasteiger charge is -2.34. The number of carbonyl (C=O) groups excluding carboxylic acids is 1. The third-order valence-electron chi connectivity index (χ3n) is 6.82. The molecule has 3 aromatic rings. The molecular weight excluding hydrogens is 456 g/mol. The highest BCUT2D eigenvalue weighted by Crippen LogP contribution is 2.47. The maximum absolute atomic E-state index is 12.8. The quantitative estimate of drug-likeness (QED) is 0.461. The summed E-state index contributed by atoms with van der Waals surface area (Å²) in [6, 6.07) is 9.90. The first-order valence-electron chi connectivity index (χ1n) is 12.7. The molecule has 0 N–H and O–H groups in total. The second kappa shape index (κ2) is 9.91. The molecule has 1 amide bonds. The number of nitrogens with zero attached hydrogens (tertiary/aromatic N) is 4. The Morgan fingerprint density at radius 1 is 1.17 bits per heavy atom. The number of carbonyl (C=O) groups is 1. The Morgan fingerprint density at radius 2 is 2.03 bits per heavy atom. The number of hydrogen-bond donors (Lipinski definition) is 0. The number of rotatable bonds is 6. The molecule has 190 valence electrons. The van der Waals surface area contributed by atoms with Crippen LogP contribution >= 0.6 is 0 Å². The zero-order valence-corrected chi connectivity index (χ0v) is 21.4. The van der Waals surface area contributed by atoms with E-state index in [0.29, 0.717) is 37.4 Å². The largest absolute Gasteiger partial charge is 0.495 e. The van der Waals surface area contributed by atoms with E-state index in [1.165, 1.54) is 0 Å². The van der Waals surface area contributed by atoms with E-state index in [9.17, 15) is 4.79 Å². The summed E-state index contributed by atoms with van der Waals surface area (Å²) in [6.45, 7) is 7.52. The Kier molecular flexibility index (Phi) is 6.69. The van der Waals surface area contributed by atoms with Crippen LogP contribution in [0, 0.1) is 5.92 Å². The van der Waals surface area contributed by atoms with Gasteiger partial charge in [-0.3, -0.25) is 9.97 Å². The zero-order chi connectivity index (χ0) is 25.3. The van der Waals surface area contributed by atoms with Crippen molar-refractivity contribution in [1.82, 2.24) is 19.9 Å². The second-order valence-electron chi connectivity index (χ2n) is 10.7. The first-order valence-corrected chi connectivity index (χ1v) is 12.7. The lowest BCUT2D eigenvalue weighted by Crippen LogP contribution is -2.42. The summed E-state index contributed by atoms with van der Waals surface area (Å²) >= 11 is 0. The fraction of sp³-hybridized carbons (Fsp3) is 0.500. The van der Waals surface area contributed by atoms with Crippen molar-refractivity contribution < 1.29 is 19.0 Å². The smallest absolute Gasteiger partial charge is 0.410 e. The summed E-state index contributed by atoms with van der Waals surface area (Å²) in [7, 11) is 1.65. The van der Waals surface area contributed by atoms with Gasteiger partial charge in [0.25, 0.3) is 0 Å². The van der Waals surface area contributed by atoms with Crippen molar-refractivity contribution >= 4 is 17.1 Å². The van der Waals surface area contributed by atoms with Crippen LogP contribution in [0.5, 0.6) is 11.6 Å². The molecule has 2 fully saturated rings. The predicted molar refractivity (Wildman–Crippen MR) is 136 cm³/mol. The van der Waals surface area contributed by atoms with Crippen molar-refractivity contribution in [3.63, 3.8) is 0 Å². The number of likely N-dealkylation sites (tertiary alicyclic amines) is 1. The molecule has 3 atom stereocenters. The van der Waals surface area contributed by atoms with E-state index in [-0.39, 0.29) is 12.0 Å². The molecule has 5 rings (SSSR count). The van der Waals surface area contributed by atoms with Crippen molar-refractivity contribution in [1.29, 1.82) is 0 Å². The Balaban J connectivity index is 1.32. The highest BCUT2D eigenvalue weighted by atomic mass is 16.6. The minimum atomic E-state index is -0.522. The molecule has 8 heteroatoms. The van der Waals surface area contributed by atoms with E-state index in [1.807, 2.05) is 45.0 Å². The first-order chi connectivity index (χ1) is 17.3. The molecule has 4 heterocycles. The van der Waals surface area contributed by atoms with Crippen molar-refractivity contribution in [2.24, 2.45) is 5.92 Å². The SMILES string of the molecule is COc1ccc(C2C[C@@H]2COc2nc3cccnc3cc2C2CCCN(C(=O)OC(C)(C)C)C2)nc1. The minimum absolute atomic E-state index is 0.110. The average molecular weight is 491 g/mol. The van der Waals surface area contributed by atoms with E-state index in [2.05, 4.69) is 16.0 Å². The molecule has 1 saturated carbocycles. The minimum Gasteiger partial charge on any atom is -0.495 e. The number of hydrogen-bond acceptors (Lipinski definition) is 7. The zero-order valence-electron chi connectivity index (χ0n) is 21.4. The van der Waals surface area contributed by atoms with Gasteiger partial charge in [0.1, 0.15) is 11.4 Å². The molecule has 1 aliphatic carbocycles. The van der Waals surface area contributed by atoms with Crippen LogP contribution in [0.3, 0.4) is 0 Å². The fourth-order valence-corrected chi connectivity index (χ4v) is 4.84. The summed E-state index contributed by atoms with van der Waals surface area (Å²) in [5, 5.41) is 0. The molecule has 0 radical (unpaired) electrons. The molecule has 2 aliphatic rings. The molecule has 1 saturated heterocycles. The van der Waals surface area contributed by atoms with Gasteiger partial charge in [0.05, 0.1) is 30.9 Å². The average Bonchev–Trinajstić information content (AvgIpc) is 3.66. The van der Waals surface area contributed by atoms with Crippen LogP contribution in [0.2, 0.25) is 0 Å². The highest BCUT2D eigenvalue weighted by Gasteiger charge is 2.40. The van der Waals surface area contributed by atoms with Crippen molar-refractivity contribution in [3.8, 4) is 11.6 Å². The molecule has 36 heavy (non-hydrogen) atoms. The summed E-state index contributed by atoms with van der Waals surface area (Å²) < 4.78 is 17.2. The number of pyridine rings is 3. The molecular formula is C28H34N4O4. The molecule has 3 aromatic heterocycles. The summed E-state index contributed by atoms with van der Waals surface area (Å²) in [5.41, 5.74) is 3.20. The monoisotopic (exact) mass is 490 g/mol. The lowest BCUT2D eigenvalue weighted by atomic mass is 9.91. The van der Waals surface area contributed by atoms with Crippen molar-refractivity contribution in [2.75, 3.05) is 26.8 Å². The third-order valence-corrected chi connectivity index (χ3v) is 6.82. The summed E-state index contributed by atoms with van der Waals surface area (Å²) in [5.74, 6) is 2.30. The van der Waals surface area contributed by atoms with Crippen LogP contribution in [0.25, 0.3) is 11.0 Å². The summed E-state index contributed by atoms with van der Waals surface area (Å²) in [6.07, 6.45) is 6.17. The van der Waals surface area contributed by atoms with Gasteiger partial charge in [-0.2, -0.15) is 0 Å². The van der Waals surface area contributed by atoms with Gasteiger partial charge in [-0.15, -0.1) is 0 Å². The maximum atomic E-state index is 12.8. The van der Waals surface area contributed by atoms with Crippen LogP contribution in [0.15, 0.2) is 42.7 Å². The normalized spacial score (nSPS) is 21.8. The van der Waals surface area contributed by atoms with E-state index in [4.69, 9.17) is 19.2 Å². The van der Waals surface area contributed by atoms with Crippen molar-refractivity contribution in [2.45, 2.75) is 57.5 Å². The van der Waals surface area contributed by atoms with Crippen LogP contribution in [0.1, 0.15) is 63.1 Å². The van der Waals surface area contributed by atoms with Gasteiger partial charge in [-0.1, -0.05) is 0 Å². The van der Waals surface area contributed by atoms with Gasteiger partial charge in [-0.05, 0) is 70.4 Å². The number of fused-ring (bicyclic) bond motifs is 1. The van der Waals surface area contributed by atoms with E-state index in [0.717, 1.165) is 47.3 Å². The summed E-state index contributed by atoms with van der Waals surface area (Å²) in [4.78, 5) is 28.5. The topological polar surface area (TPSA) is 86.7 Å². The maximum Gasteiger partial charge on any atom is 0.410 e. The van der Waals surface area contributed by atoms with Crippen LogP contribution in [0.4, 0.5) is 4.79 Å². The molecule has 0 bridgehead atoms. The van der Waals surface area contributed by atoms with Gasteiger partial charge < -0.3 is 19.1 Å². The number of methoxy groups -OCH3 is 1.